The molecule has 1 unspecified atom stereocenters. The number of rotatable bonds is 2. The van der Waals surface area contributed by atoms with E-state index < -0.39 is 0 Å². The first-order valence-corrected chi connectivity index (χ1v) is 4.65. The Morgan fingerprint density at radius 3 is 2.27 bits per heavy atom. The quantitative estimate of drug-likeness (QED) is 0.634. The maximum atomic E-state index is 9.63. The molecule has 1 aliphatic rings. The van der Waals surface area contributed by atoms with Crippen molar-refractivity contribution in [2.75, 3.05) is 0 Å². The highest BCUT2D eigenvalue weighted by molar-refractivity contribution is 4.78. The standard InChI is InChI=1S/C9H19NO/c1-7(10)9(11)8-5-3-2-4-6-8/h7-9,11H,2-6,10H2,1H3/t7?,9-/m0/s1. The molecule has 1 fully saturated rings. The predicted molar refractivity (Wildman–Crippen MR) is 46.2 cm³/mol. The van der Waals surface area contributed by atoms with E-state index in [1.807, 2.05) is 6.92 Å². The second kappa shape index (κ2) is 4.07. The Morgan fingerprint density at radius 2 is 1.82 bits per heavy atom. The summed E-state index contributed by atoms with van der Waals surface area (Å²) in [5.41, 5.74) is 5.62. The van der Waals surface area contributed by atoms with Gasteiger partial charge in [0.2, 0.25) is 0 Å². The van der Waals surface area contributed by atoms with Crippen molar-refractivity contribution < 1.29 is 5.11 Å². The van der Waals surface area contributed by atoms with Crippen molar-refractivity contribution >= 4 is 0 Å². The number of hydrogen-bond donors (Lipinski definition) is 2. The number of aliphatic hydroxyl groups excluding tert-OH is 1. The average molecular weight is 157 g/mol. The number of aliphatic hydroxyl groups is 1. The van der Waals surface area contributed by atoms with Crippen LogP contribution in [-0.4, -0.2) is 17.3 Å². The summed E-state index contributed by atoms with van der Waals surface area (Å²) in [5.74, 6) is 0.476. The minimum atomic E-state index is -0.268. The lowest BCUT2D eigenvalue weighted by Gasteiger charge is -2.28. The van der Waals surface area contributed by atoms with E-state index in [0.717, 1.165) is 0 Å². The average Bonchev–Trinajstić information content (AvgIpc) is 2.05. The molecule has 0 amide bonds. The molecule has 0 heterocycles. The summed E-state index contributed by atoms with van der Waals surface area (Å²) < 4.78 is 0. The highest BCUT2D eigenvalue weighted by Crippen LogP contribution is 2.27. The van der Waals surface area contributed by atoms with Gasteiger partial charge in [-0.2, -0.15) is 0 Å². The van der Waals surface area contributed by atoms with Crippen LogP contribution in [0.3, 0.4) is 0 Å². The van der Waals surface area contributed by atoms with Crippen LogP contribution in [0.4, 0.5) is 0 Å². The molecule has 0 saturated heterocycles. The van der Waals surface area contributed by atoms with Crippen LogP contribution >= 0.6 is 0 Å². The van der Waals surface area contributed by atoms with Crippen LogP contribution in [0.5, 0.6) is 0 Å². The highest BCUT2D eigenvalue weighted by atomic mass is 16.3. The molecular weight excluding hydrogens is 138 g/mol. The van der Waals surface area contributed by atoms with Crippen LogP contribution in [0.1, 0.15) is 39.0 Å². The molecule has 0 aromatic carbocycles. The minimum Gasteiger partial charge on any atom is -0.391 e. The van der Waals surface area contributed by atoms with E-state index in [1.165, 1.54) is 32.1 Å². The summed E-state index contributed by atoms with van der Waals surface area (Å²) >= 11 is 0. The SMILES string of the molecule is CC(N)[C@H](O)C1CCCCC1. The summed E-state index contributed by atoms with van der Waals surface area (Å²) in [6, 6.07) is -0.0573. The number of hydrogen-bond acceptors (Lipinski definition) is 2. The Hall–Kier alpha value is -0.0800. The van der Waals surface area contributed by atoms with E-state index in [1.54, 1.807) is 0 Å². The first-order valence-electron chi connectivity index (χ1n) is 4.65. The lowest BCUT2D eigenvalue weighted by atomic mass is 9.83. The monoisotopic (exact) mass is 157 g/mol. The van der Waals surface area contributed by atoms with Gasteiger partial charge in [0.1, 0.15) is 0 Å². The predicted octanol–water partition coefficient (Wildman–Crippen LogP) is 1.27. The normalized spacial score (nSPS) is 26.5. The molecule has 3 N–H and O–H groups in total. The van der Waals surface area contributed by atoms with E-state index in [-0.39, 0.29) is 12.1 Å². The molecule has 0 aromatic rings. The Labute approximate surface area is 68.8 Å². The second-order valence-electron chi connectivity index (χ2n) is 3.75. The maximum absolute atomic E-state index is 9.63. The highest BCUT2D eigenvalue weighted by Gasteiger charge is 2.23. The van der Waals surface area contributed by atoms with Gasteiger partial charge >= 0.3 is 0 Å². The first kappa shape index (κ1) is 9.01. The fraction of sp³-hybridized carbons (Fsp3) is 1.00. The van der Waals surface area contributed by atoms with Crippen molar-refractivity contribution in [3.8, 4) is 0 Å². The lowest BCUT2D eigenvalue weighted by Crippen LogP contribution is -2.38. The summed E-state index contributed by atoms with van der Waals surface area (Å²) in [4.78, 5) is 0. The van der Waals surface area contributed by atoms with Crippen LogP contribution in [0.2, 0.25) is 0 Å². The molecule has 0 aromatic heterocycles. The third kappa shape index (κ3) is 2.46. The van der Waals surface area contributed by atoms with E-state index in [4.69, 9.17) is 5.73 Å². The Kier molecular flexibility index (Phi) is 3.34. The molecule has 0 aliphatic heterocycles. The fourth-order valence-corrected chi connectivity index (χ4v) is 1.90. The molecule has 1 aliphatic carbocycles. The first-order chi connectivity index (χ1) is 5.22. The maximum Gasteiger partial charge on any atom is 0.0716 e. The molecule has 2 atom stereocenters. The topological polar surface area (TPSA) is 46.2 Å². The fourth-order valence-electron chi connectivity index (χ4n) is 1.90. The zero-order valence-electron chi connectivity index (χ0n) is 7.29. The Morgan fingerprint density at radius 1 is 1.27 bits per heavy atom. The van der Waals surface area contributed by atoms with Crippen molar-refractivity contribution in [3.05, 3.63) is 0 Å². The van der Waals surface area contributed by atoms with Gasteiger partial charge in [-0.3, -0.25) is 0 Å². The molecule has 1 saturated carbocycles. The van der Waals surface area contributed by atoms with Gasteiger partial charge in [-0.05, 0) is 25.7 Å². The van der Waals surface area contributed by atoms with Gasteiger partial charge in [0.05, 0.1) is 6.10 Å². The van der Waals surface area contributed by atoms with Crippen molar-refractivity contribution in [2.45, 2.75) is 51.2 Å². The van der Waals surface area contributed by atoms with Crippen LogP contribution in [0.15, 0.2) is 0 Å². The molecule has 66 valence electrons. The Bertz CT molecular complexity index is 108. The summed E-state index contributed by atoms with van der Waals surface area (Å²) in [7, 11) is 0. The van der Waals surface area contributed by atoms with Crippen molar-refractivity contribution in [3.63, 3.8) is 0 Å². The van der Waals surface area contributed by atoms with Crippen LogP contribution in [0.25, 0.3) is 0 Å². The molecule has 0 spiro atoms. The van der Waals surface area contributed by atoms with E-state index in [9.17, 15) is 5.11 Å². The van der Waals surface area contributed by atoms with E-state index in [2.05, 4.69) is 0 Å². The minimum absolute atomic E-state index is 0.0573. The molecule has 2 nitrogen and oxygen atoms in total. The third-order valence-corrected chi connectivity index (χ3v) is 2.67. The molecular formula is C9H19NO. The summed E-state index contributed by atoms with van der Waals surface area (Å²) in [6.07, 6.45) is 5.95. The summed E-state index contributed by atoms with van der Waals surface area (Å²) in [6.45, 7) is 1.89. The molecule has 11 heavy (non-hydrogen) atoms. The summed E-state index contributed by atoms with van der Waals surface area (Å²) in [5, 5.41) is 9.63. The van der Waals surface area contributed by atoms with Gasteiger partial charge in [-0.25, -0.2) is 0 Å². The van der Waals surface area contributed by atoms with Gasteiger partial charge in [-0.1, -0.05) is 19.3 Å². The zero-order chi connectivity index (χ0) is 8.27. The van der Waals surface area contributed by atoms with E-state index >= 15 is 0 Å². The van der Waals surface area contributed by atoms with Crippen LogP contribution in [0, 0.1) is 5.92 Å². The van der Waals surface area contributed by atoms with Crippen LogP contribution in [-0.2, 0) is 0 Å². The van der Waals surface area contributed by atoms with Gasteiger partial charge < -0.3 is 10.8 Å². The third-order valence-electron chi connectivity index (χ3n) is 2.67. The second-order valence-corrected chi connectivity index (χ2v) is 3.75. The van der Waals surface area contributed by atoms with Crippen molar-refractivity contribution in [1.82, 2.24) is 0 Å². The van der Waals surface area contributed by atoms with Crippen molar-refractivity contribution in [2.24, 2.45) is 11.7 Å². The van der Waals surface area contributed by atoms with Gasteiger partial charge in [0.15, 0.2) is 0 Å². The largest absolute Gasteiger partial charge is 0.391 e. The van der Waals surface area contributed by atoms with E-state index in [0.29, 0.717) is 5.92 Å². The number of nitrogens with two attached hydrogens (primary N) is 1. The molecule has 0 radical (unpaired) electrons. The van der Waals surface area contributed by atoms with Crippen LogP contribution < -0.4 is 5.73 Å². The smallest absolute Gasteiger partial charge is 0.0716 e. The Balaban J connectivity index is 2.32. The molecule has 0 bridgehead atoms. The zero-order valence-corrected chi connectivity index (χ0v) is 7.29. The molecule has 2 heteroatoms. The van der Waals surface area contributed by atoms with Gasteiger partial charge in [0, 0.05) is 6.04 Å². The van der Waals surface area contributed by atoms with Crippen molar-refractivity contribution in [1.29, 1.82) is 0 Å². The van der Waals surface area contributed by atoms with Gasteiger partial charge in [0.25, 0.3) is 0 Å². The molecule has 1 rings (SSSR count). The van der Waals surface area contributed by atoms with Gasteiger partial charge in [-0.15, -0.1) is 0 Å². The lowest BCUT2D eigenvalue weighted by molar-refractivity contribution is 0.0670.